The largest absolute Gasteiger partial charge is 0.393 e. The summed E-state index contributed by atoms with van der Waals surface area (Å²) in [5.41, 5.74) is 1.71. The first-order valence-electron chi connectivity index (χ1n) is 14.2. The Morgan fingerprint density at radius 2 is 1.25 bits per heavy atom. The fourth-order valence-corrected chi connectivity index (χ4v) is 3.83. The van der Waals surface area contributed by atoms with Gasteiger partial charge in [0.25, 0.3) is 0 Å². The standard InChI is InChI=1S/C36H42O4/c1-3-4-5-6-7-8-9-10-11-12-13-14-15-16-17-18-22-28-34(37)40-36(39)30(2)32-26-23-27-33(29-32)35(38)31-24-20-19-21-25-31/h4-5,7-8,10-11,13-14,16-17,19-21,23-27,29-30H,3,6,9,12,15,18,22,28H2,1-2H3. The van der Waals surface area contributed by atoms with Crippen LogP contribution in [0.3, 0.4) is 0 Å². The zero-order chi connectivity index (χ0) is 28.8. The molecule has 1 unspecified atom stereocenters. The van der Waals surface area contributed by atoms with E-state index in [0.29, 0.717) is 23.1 Å². The maximum absolute atomic E-state index is 12.7. The van der Waals surface area contributed by atoms with E-state index in [1.165, 1.54) is 0 Å². The second-order valence-electron chi connectivity index (χ2n) is 9.44. The van der Waals surface area contributed by atoms with Gasteiger partial charge >= 0.3 is 11.9 Å². The van der Waals surface area contributed by atoms with Crippen LogP contribution >= 0.6 is 0 Å². The molecule has 0 aromatic heterocycles. The van der Waals surface area contributed by atoms with E-state index in [2.05, 4.69) is 61.6 Å². The van der Waals surface area contributed by atoms with Gasteiger partial charge in [-0.1, -0.05) is 116 Å². The van der Waals surface area contributed by atoms with Crippen molar-refractivity contribution in [3.05, 3.63) is 132 Å². The molecule has 0 bridgehead atoms. The lowest BCUT2D eigenvalue weighted by Gasteiger charge is -2.12. The van der Waals surface area contributed by atoms with Crippen molar-refractivity contribution in [3.63, 3.8) is 0 Å². The van der Waals surface area contributed by atoms with E-state index in [4.69, 9.17) is 4.74 Å². The van der Waals surface area contributed by atoms with Gasteiger partial charge < -0.3 is 4.74 Å². The van der Waals surface area contributed by atoms with Crippen LogP contribution in [0.1, 0.15) is 92.6 Å². The van der Waals surface area contributed by atoms with Crippen LogP contribution in [0, 0.1) is 0 Å². The molecule has 0 saturated carbocycles. The number of unbranched alkanes of at least 4 members (excludes halogenated alkanes) is 1. The number of hydrogen-bond donors (Lipinski definition) is 0. The van der Waals surface area contributed by atoms with E-state index in [1.54, 1.807) is 43.3 Å². The monoisotopic (exact) mass is 538 g/mol. The number of ether oxygens (including phenoxy) is 1. The highest BCUT2D eigenvalue weighted by atomic mass is 16.6. The van der Waals surface area contributed by atoms with E-state index in [0.717, 1.165) is 38.5 Å². The van der Waals surface area contributed by atoms with Crippen LogP contribution in [0.5, 0.6) is 0 Å². The molecule has 0 spiro atoms. The van der Waals surface area contributed by atoms with Crippen molar-refractivity contribution in [2.24, 2.45) is 0 Å². The van der Waals surface area contributed by atoms with Gasteiger partial charge in [0.05, 0.1) is 5.92 Å². The van der Waals surface area contributed by atoms with Crippen molar-refractivity contribution < 1.29 is 19.1 Å². The molecular weight excluding hydrogens is 496 g/mol. The van der Waals surface area contributed by atoms with Crippen molar-refractivity contribution in [2.45, 2.75) is 71.1 Å². The fourth-order valence-electron chi connectivity index (χ4n) is 3.83. The minimum absolute atomic E-state index is 0.117. The summed E-state index contributed by atoms with van der Waals surface area (Å²) < 4.78 is 5.07. The van der Waals surface area contributed by atoms with Gasteiger partial charge in [0.2, 0.25) is 0 Å². The van der Waals surface area contributed by atoms with Crippen molar-refractivity contribution in [1.29, 1.82) is 0 Å². The molecule has 0 radical (unpaired) electrons. The molecule has 0 aliphatic rings. The molecule has 0 heterocycles. The number of rotatable bonds is 17. The summed E-state index contributed by atoms with van der Waals surface area (Å²) in [7, 11) is 0. The van der Waals surface area contributed by atoms with Gasteiger partial charge in [-0.15, -0.1) is 0 Å². The zero-order valence-electron chi connectivity index (χ0n) is 23.8. The Morgan fingerprint density at radius 3 is 1.85 bits per heavy atom. The summed E-state index contributed by atoms with van der Waals surface area (Å²) in [4.78, 5) is 37.4. The van der Waals surface area contributed by atoms with Gasteiger partial charge in [-0.05, 0) is 63.5 Å². The van der Waals surface area contributed by atoms with Gasteiger partial charge in [-0.2, -0.15) is 0 Å². The predicted molar refractivity (Wildman–Crippen MR) is 164 cm³/mol. The SMILES string of the molecule is CCC=CCC=CCC=CCC=CCC=CCCCC(=O)OC(=O)C(C)c1cccc(C(=O)c2ccccc2)c1. The number of hydrogen-bond acceptors (Lipinski definition) is 4. The van der Waals surface area contributed by atoms with E-state index in [-0.39, 0.29) is 12.2 Å². The number of carbonyl (C=O) groups is 3. The van der Waals surface area contributed by atoms with E-state index >= 15 is 0 Å². The van der Waals surface area contributed by atoms with Crippen LogP contribution in [0.4, 0.5) is 0 Å². The average molecular weight is 539 g/mol. The van der Waals surface area contributed by atoms with Crippen molar-refractivity contribution in [3.8, 4) is 0 Å². The highest BCUT2D eigenvalue weighted by Gasteiger charge is 2.21. The Morgan fingerprint density at radius 1 is 0.700 bits per heavy atom. The summed E-state index contributed by atoms with van der Waals surface area (Å²) in [5.74, 6) is -1.91. The van der Waals surface area contributed by atoms with Crippen LogP contribution < -0.4 is 0 Å². The number of benzene rings is 2. The van der Waals surface area contributed by atoms with Crippen LogP contribution in [0.2, 0.25) is 0 Å². The molecule has 2 aromatic rings. The molecule has 4 heteroatoms. The van der Waals surface area contributed by atoms with Crippen molar-refractivity contribution in [1.82, 2.24) is 0 Å². The van der Waals surface area contributed by atoms with Gasteiger partial charge in [-0.3, -0.25) is 14.4 Å². The van der Waals surface area contributed by atoms with E-state index in [9.17, 15) is 14.4 Å². The normalized spacial score (nSPS) is 12.8. The Hall–Kier alpha value is -4.05. The maximum Gasteiger partial charge on any atom is 0.320 e. The summed E-state index contributed by atoms with van der Waals surface area (Å²) >= 11 is 0. The Bertz CT molecular complexity index is 1200. The molecule has 1 atom stereocenters. The smallest absolute Gasteiger partial charge is 0.320 e. The number of esters is 2. The molecule has 2 rings (SSSR count). The first kappa shape index (κ1) is 32.2. The van der Waals surface area contributed by atoms with Crippen molar-refractivity contribution in [2.75, 3.05) is 0 Å². The topological polar surface area (TPSA) is 60.4 Å². The molecule has 4 nitrogen and oxygen atoms in total. The molecule has 0 aliphatic heterocycles. The summed E-state index contributed by atoms with van der Waals surface area (Å²) in [5, 5.41) is 0. The fraction of sp³-hybridized carbons (Fsp3) is 0.306. The lowest BCUT2D eigenvalue weighted by Crippen LogP contribution is -2.18. The quantitative estimate of drug-likeness (QED) is 0.0663. The van der Waals surface area contributed by atoms with E-state index in [1.807, 2.05) is 24.3 Å². The predicted octanol–water partition coefficient (Wildman–Crippen LogP) is 9.01. The molecule has 0 fully saturated rings. The highest BCUT2D eigenvalue weighted by Crippen LogP contribution is 2.20. The number of carbonyl (C=O) groups excluding carboxylic acids is 3. The molecule has 0 N–H and O–H groups in total. The molecule has 0 saturated heterocycles. The van der Waals surface area contributed by atoms with Gasteiger partial charge in [-0.25, -0.2) is 0 Å². The van der Waals surface area contributed by atoms with Gasteiger partial charge in [0.1, 0.15) is 0 Å². The molecule has 0 amide bonds. The summed E-state index contributed by atoms with van der Waals surface area (Å²) in [6.45, 7) is 3.82. The summed E-state index contributed by atoms with van der Waals surface area (Å²) in [6.07, 6.45) is 27.8. The molecule has 210 valence electrons. The first-order valence-corrected chi connectivity index (χ1v) is 14.2. The lowest BCUT2D eigenvalue weighted by molar-refractivity contribution is -0.160. The molecule has 2 aromatic carbocycles. The highest BCUT2D eigenvalue weighted by molar-refractivity contribution is 6.09. The molecule has 40 heavy (non-hydrogen) atoms. The molecule has 0 aliphatic carbocycles. The first-order chi connectivity index (χ1) is 19.5. The van der Waals surface area contributed by atoms with Gasteiger partial charge in [0, 0.05) is 17.5 Å². The summed E-state index contributed by atoms with van der Waals surface area (Å²) in [6, 6.07) is 15.9. The third-order valence-electron chi connectivity index (χ3n) is 6.16. The van der Waals surface area contributed by atoms with Crippen LogP contribution in [-0.2, 0) is 14.3 Å². The van der Waals surface area contributed by atoms with Crippen LogP contribution in [-0.4, -0.2) is 17.7 Å². The van der Waals surface area contributed by atoms with E-state index < -0.39 is 17.9 Å². The van der Waals surface area contributed by atoms with Crippen LogP contribution in [0.15, 0.2) is 115 Å². The Labute approximate surface area is 239 Å². The van der Waals surface area contributed by atoms with Crippen molar-refractivity contribution >= 4 is 17.7 Å². The van der Waals surface area contributed by atoms with Crippen LogP contribution in [0.25, 0.3) is 0 Å². The lowest BCUT2D eigenvalue weighted by atomic mass is 9.96. The Kier molecular flexibility index (Phi) is 16.0. The number of ketones is 1. The minimum Gasteiger partial charge on any atom is -0.393 e. The Balaban J connectivity index is 1.62. The zero-order valence-corrected chi connectivity index (χ0v) is 23.8. The maximum atomic E-state index is 12.7. The second-order valence-corrected chi connectivity index (χ2v) is 9.44. The second kappa shape index (κ2) is 19.9. The number of allylic oxidation sites excluding steroid dienone is 10. The molecular formula is C36H42O4. The minimum atomic E-state index is -0.654. The van der Waals surface area contributed by atoms with Gasteiger partial charge in [0.15, 0.2) is 5.78 Å². The third-order valence-corrected chi connectivity index (χ3v) is 6.16. The average Bonchev–Trinajstić information content (AvgIpc) is 2.98. The third kappa shape index (κ3) is 13.1.